The van der Waals surface area contributed by atoms with Gasteiger partial charge in [0.25, 0.3) is 0 Å². The molecule has 0 spiro atoms. The number of nitrogens with zero attached hydrogens (tertiary/aromatic N) is 1. The standard InChI is InChI=1S/C14H17N3OS/c15-6-7-16-14(18)10-19-13-3-1-2-11(8-13)9-17-12-4-5-12/h1-3,8,12,17H,4-5,7,9-10H2,(H,16,18). The van der Waals surface area contributed by atoms with Gasteiger partial charge in [-0.15, -0.1) is 11.8 Å². The van der Waals surface area contributed by atoms with E-state index in [0.717, 1.165) is 11.4 Å². The summed E-state index contributed by atoms with van der Waals surface area (Å²) in [6, 6.07) is 10.8. The summed E-state index contributed by atoms with van der Waals surface area (Å²) in [5.41, 5.74) is 1.24. The van der Waals surface area contributed by atoms with Crippen LogP contribution in [0.5, 0.6) is 0 Å². The zero-order valence-electron chi connectivity index (χ0n) is 10.7. The van der Waals surface area contributed by atoms with Crippen molar-refractivity contribution < 1.29 is 4.79 Å². The molecule has 1 aromatic rings. The maximum absolute atomic E-state index is 11.4. The van der Waals surface area contributed by atoms with Gasteiger partial charge >= 0.3 is 0 Å². The molecule has 0 radical (unpaired) electrons. The molecule has 0 heterocycles. The highest BCUT2D eigenvalue weighted by Gasteiger charge is 2.19. The van der Waals surface area contributed by atoms with Crippen molar-refractivity contribution >= 4 is 17.7 Å². The first-order valence-electron chi connectivity index (χ1n) is 6.36. The van der Waals surface area contributed by atoms with Crippen LogP contribution in [-0.4, -0.2) is 24.2 Å². The molecule has 0 aromatic heterocycles. The Morgan fingerprint density at radius 1 is 1.47 bits per heavy atom. The molecule has 1 aliphatic rings. The summed E-state index contributed by atoms with van der Waals surface area (Å²) in [7, 11) is 0. The summed E-state index contributed by atoms with van der Waals surface area (Å²) in [5, 5.41) is 14.4. The van der Waals surface area contributed by atoms with Gasteiger partial charge in [-0.25, -0.2) is 0 Å². The third-order valence-electron chi connectivity index (χ3n) is 2.81. The van der Waals surface area contributed by atoms with Gasteiger partial charge in [-0.2, -0.15) is 5.26 Å². The normalized spacial score (nSPS) is 13.8. The lowest BCUT2D eigenvalue weighted by atomic mass is 10.2. The first-order valence-corrected chi connectivity index (χ1v) is 7.35. The largest absolute Gasteiger partial charge is 0.342 e. The third kappa shape index (κ3) is 5.33. The molecule has 19 heavy (non-hydrogen) atoms. The quantitative estimate of drug-likeness (QED) is 0.587. The second-order valence-electron chi connectivity index (χ2n) is 4.53. The Hall–Kier alpha value is -1.51. The van der Waals surface area contributed by atoms with Gasteiger partial charge in [0.05, 0.1) is 11.8 Å². The number of carbonyl (C=O) groups is 1. The molecule has 1 aromatic carbocycles. The van der Waals surface area contributed by atoms with Gasteiger partial charge < -0.3 is 10.6 Å². The van der Waals surface area contributed by atoms with E-state index in [2.05, 4.69) is 22.8 Å². The van der Waals surface area contributed by atoms with Crippen molar-refractivity contribution in [2.75, 3.05) is 12.3 Å². The summed E-state index contributed by atoms with van der Waals surface area (Å²) >= 11 is 1.49. The van der Waals surface area contributed by atoms with Crippen LogP contribution in [0.2, 0.25) is 0 Å². The number of rotatable bonds is 7. The topological polar surface area (TPSA) is 64.9 Å². The molecule has 0 aliphatic heterocycles. The van der Waals surface area contributed by atoms with Crippen molar-refractivity contribution in [1.29, 1.82) is 5.26 Å². The highest BCUT2D eigenvalue weighted by atomic mass is 32.2. The molecule has 0 unspecified atom stereocenters. The Balaban J connectivity index is 1.77. The van der Waals surface area contributed by atoms with Crippen molar-refractivity contribution in [3.8, 4) is 6.07 Å². The smallest absolute Gasteiger partial charge is 0.231 e. The van der Waals surface area contributed by atoms with E-state index in [1.807, 2.05) is 18.2 Å². The molecule has 2 N–H and O–H groups in total. The van der Waals surface area contributed by atoms with E-state index in [4.69, 9.17) is 5.26 Å². The van der Waals surface area contributed by atoms with Gasteiger partial charge in [-0.1, -0.05) is 12.1 Å². The second-order valence-corrected chi connectivity index (χ2v) is 5.57. The van der Waals surface area contributed by atoms with E-state index < -0.39 is 0 Å². The van der Waals surface area contributed by atoms with E-state index in [1.165, 1.54) is 30.2 Å². The number of thioether (sulfide) groups is 1. The SMILES string of the molecule is N#CCNC(=O)CSc1cccc(CNC2CC2)c1. The highest BCUT2D eigenvalue weighted by Crippen LogP contribution is 2.21. The minimum absolute atomic E-state index is 0.0741. The average Bonchev–Trinajstić information content (AvgIpc) is 3.25. The van der Waals surface area contributed by atoms with Crippen molar-refractivity contribution in [2.45, 2.75) is 30.3 Å². The van der Waals surface area contributed by atoms with Crippen molar-refractivity contribution in [2.24, 2.45) is 0 Å². The van der Waals surface area contributed by atoms with E-state index in [9.17, 15) is 4.79 Å². The summed E-state index contributed by atoms with van der Waals surface area (Å²) in [5.74, 6) is 0.245. The van der Waals surface area contributed by atoms with Gasteiger partial charge in [0.15, 0.2) is 0 Å². The van der Waals surface area contributed by atoms with Crippen LogP contribution >= 0.6 is 11.8 Å². The molecule has 0 bridgehead atoms. The Bertz CT molecular complexity index is 480. The number of nitrogens with one attached hydrogen (secondary N) is 2. The lowest BCUT2D eigenvalue weighted by molar-refractivity contribution is -0.118. The Kier molecular flexibility index (Phi) is 5.25. The molecule has 1 saturated carbocycles. The fraction of sp³-hybridized carbons (Fsp3) is 0.429. The van der Waals surface area contributed by atoms with Crippen LogP contribution < -0.4 is 10.6 Å². The predicted octanol–water partition coefficient (Wildman–Crippen LogP) is 1.67. The number of carbonyl (C=O) groups excluding carboxylic acids is 1. The van der Waals surface area contributed by atoms with Crippen LogP contribution in [0.4, 0.5) is 0 Å². The average molecular weight is 275 g/mol. The number of amides is 1. The summed E-state index contributed by atoms with van der Waals surface area (Å²) < 4.78 is 0. The summed E-state index contributed by atoms with van der Waals surface area (Å²) in [6.07, 6.45) is 2.57. The highest BCUT2D eigenvalue weighted by molar-refractivity contribution is 8.00. The minimum Gasteiger partial charge on any atom is -0.342 e. The second kappa shape index (κ2) is 7.17. The van der Waals surface area contributed by atoms with Gasteiger partial charge in [0, 0.05) is 17.5 Å². The first kappa shape index (κ1) is 13.9. The zero-order valence-corrected chi connectivity index (χ0v) is 11.5. The van der Waals surface area contributed by atoms with Gasteiger partial charge in [0.2, 0.25) is 5.91 Å². The lowest BCUT2D eigenvalue weighted by Crippen LogP contribution is -2.25. The van der Waals surface area contributed by atoms with E-state index in [0.29, 0.717) is 11.8 Å². The maximum Gasteiger partial charge on any atom is 0.231 e. The molecule has 100 valence electrons. The molecule has 5 heteroatoms. The number of nitriles is 1. The number of hydrogen-bond donors (Lipinski definition) is 2. The van der Waals surface area contributed by atoms with Gasteiger partial charge in [-0.05, 0) is 30.5 Å². The number of hydrogen-bond acceptors (Lipinski definition) is 4. The first-order chi connectivity index (χ1) is 9.28. The molecule has 0 atom stereocenters. The summed E-state index contributed by atoms with van der Waals surface area (Å²) in [4.78, 5) is 12.5. The molecule has 0 saturated heterocycles. The van der Waals surface area contributed by atoms with E-state index in [1.54, 1.807) is 0 Å². The van der Waals surface area contributed by atoms with Crippen molar-refractivity contribution in [1.82, 2.24) is 10.6 Å². The van der Waals surface area contributed by atoms with Crippen molar-refractivity contribution in [3.63, 3.8) is 0 Å². The minimum atomic E-state index is -0.104. The van der Waals surface area contributed by atoms with Crippen LogP contribution in [0.25, 0.3) is 0 Å². The van der Waals surface area contributed by atoms with Crippen LogP contribution in [0.15, 0.2) is 29.2 Å². The van der Waals surface area contributed by atoms with E-state index >= 15 is 0 Å². The molecule has 2 rings (SSSR count). The predicted molar refractivity (Wildman–Crippen MR) is 75.7 cm³/mol. The maximum atomic E-state index is 11.4. The van der Waals surface area contributed by atoms with E-state index in [-0.39, 0.29) is 12.5 Å². The molecular weight excluding hydrogens is 258 g/mol. The molecular formula is C14H17N3OS. The Morgan fingerprint density at radius 3 is 3.05 bits per heavy atom. The number of benzene rings is 1. The summed E-state index contributed by atoms with van der Waals surface area (Å²) in [6.45, 7) is 0.963. The van der Waals surface area contributed by atoms with Crippen LogP contribution in [0.3, 0.4) is 0 Å². The molecule has 4 nitrogen and oxygen atoms in total. The lowest BCUT2D eigenvalue weighted by Gasteiger charge is -2.06. The fourth-order valence-corrected chi connectivity index (χ4v) is 2.44. The fourth-order valence-electron chi connectivity index (χ4n) is 1.63. The van der Waals surface area contributed by atoms with Crippen molar-refractivity contribution in [3.05, 3.63) is 29.8 Å². The van der Waals surface area contributed by atoms with Crippen LogP contribution in [-0.2, 0) is 11.3 Å². The van der Waals surface area contributed by atoms with Gasteiger partial charge in [0.1, 0.15) is 6.54 Å². The molecule has 1 fully saturated rings. The Morgan fingerprint density at radius 2 is 2.32 bits per heavy atom. The zero-order chi connectivity index (χ0) is 13.5. The van der Waals surface area contributed by atoms with Crippen LogP contribution in [0.1, 0.15) is 18.4 Å². The third-order valence-corrected chi connectivity index (χ3v) is 3.80. The monoisotopic (exact) mass is 275 g/mol. The van der Waals surface area contributed by atoms with Gasteiger partial charge in [-0.3, -0.25) is 4.79 Å². The molecule has 1 aliphatic carbocycles. The molecule has 1 amide bonds. The Labute approximate surface area is 117 Å². The van der Waals surface area contributed by atoms with Crippen LogP contribution in [0, 0.1) is 11.3 Å².